The second-order valence-corrected chi connectivity index (χ2v) is 5.98. The van der Waals surface area contributed by atoms with Crippen molar-refractivity contribution >= 4 is 5.91 Å². The van der Waals surface area contributed by atoms with Crippen LogP contribution in [0.4, 0.5) is 0 Å². The summed E-state index contributed by atoms with van der Waals surface area (Å²) in [6.45, 7) is 1.25. The Bertz CT molecular complexity index is 830. The molecule has 0 bridgehead atoms. The fourth-order valence-electron chi connectivity index (χ4n) is 3.00. The zero-order valence-electron chi connectivity index (χ0n) is 13.1. The van der Waals surface area contributed by atoms with E-state index in [9.17, 15) is 4.79 Å². The summed E-state index contributed by atoms with van der Waals surface area (Å²) < 4.78 is 5.36. The SMILES string of the molecule is O=C1CC(c2noc(-c3ccccc3)n2)CN1Cc1ccccc1. The van der Waals surface area contributed by atoms with Crippen molar-refractivity contribution in [1.29, 1.82) is 0 Å². The highest BCUT2D eigenvalue weighted by Gasteiger charge is 2.33. The molecule has 1 aliphatic heterocycles. The Balaban J connectivity index is 1.48. The topological polar surface area (TPSA) is 59.2 Å². The van der Waals surface area contributed by atoms with Gasteiger partial charge in [-0.1, -0.05) is 53.7 Å². The number of carbonyl (C=O) groups excluding carboxylic acids is 1. The van der Waals surface area contributed by atoms with Crippen molar-refractivity contribution in [3.05, 3.63) is 72.1 Å². The van der Waals surface area contributed by atoms with Gasteiger partial charge in [-0.2, -0.15) is 4.98 Å². The molecule has 120 valence electrons. The van der Waals surface area contributed by atoms with Crippen LogP contribution in [0.1, 0.15) is 23.7 Å². The molecule has 2 heterocycles. The van der Waals surface area contributed by atoms with E-state index in [-0.39, 0.29) is 11.8 Å². The third kappa shape index (κ3) is 2.93. The monoisotopic (exact) mass is 319 g/mol. The van der Waals surface area contributed by atoms with E-state index >= 15 is 0 Å². The summed E-state index contributed by atoms with van der Waals surface area (Å²) in [5, 5.41) is 4.09. The second kappa shape index (κ2) is 6.28. The van der Waals surface area contributed by atoms with Crippen LogP contribution >= 0.6 is 0 Å². The lowest BCUT2D eigenvalue weighted by atomic mass is 10.1. The molecule has 24 heavy (non-hydrogen) atoms. The third-order valence-corrected chi connectivity index (χ3v) is 4.26. The van der Waals surface area contributed by atoms with Crippen molar-refractivity contribution in [3.63, 3.8) is 0 Å². The van der Waals surface area contributed by atoms with Gasteiger partial charge in [-0.3, -0.25) is 4.79 Å². The quantitative estimate of drug-likeness (QED) is 0.740. The van der Waals surface area contributed by atoms with Gasteiger partial charge < -0.3 is 9.42 Å². The van der Waals surface area contributed by atoms with Crippen molar-refractivity contribution in [3.8, 4) is 11.5 Å². The molecule has 0 aliphatic carbocycles. The van der Waals surface area contributed by atoms with Gasteiger partial charge in [0.2, 0.25) is 5.91 Å². The van der Waals surface area contributed by atoms with E-state index in [4.69, 9.17) is 4.52 Å². The van der Waals surface area contributed by atoms with E-state index < -0.39 is 0 Å². The molecule has 0 saturated carbocycles. The van der Waals surface area contributed by atoms with Gasteiger partial charge in [0.1, 0.15) is 0 Å². The highest BCUT2D eigenvalue weighted by atomic mass is 16.5. The summed E-state index contributed by atoms with van der Waals surface area (Å²) in [5.74, 6) is 1.23. The van der Waals surface area contributed by atoms with Crippen LogP contribution in [0.25, 0.3) is 11.5 Å². The Morgan fingerprint density at radius 3 is 2.50 bits per heavy atom. The fraction of sp³-hybridized carbons (Fsp3) is 0.211. The molecule has 5 nitrogen and oxygen atoms in total. The van der Waals surface area contributed by atoms with Crippen LogP contribution in [0.5, 0.6) is 0 Å². The fourth-order valence-corrected chi connectivity index (χ4v) is 3.00. The number of aromatic nitrogens is 2. The minimum Gasteiger partial charge on any atom is -0.338 e. The van der Waals surface area contributed by atoms with E-state index in [2.05, 4.69) is 10.1 Å². The van der Waals surface area contributed by atoms with Crippen molar-refractivity contribution in [1.82, 2.24) is 15.0 Å². The number of amides is 1. The number of benzene rings is 2. The summed E-state index contributed by atoms with van der Waals surface area (Å²) in [4.78, 5) is 18.6. The molecule has 0 spiro atoms. The number of likely N-dealkylation sites (tertiary alicyclic amines) is 1. The van der Waals surface area contributed by atoms with E-state index in [1.165, 1.54) is 0 Å². The van der Waals surface area contributed by atoms with Gasteiger partial charge in [-0.25, -0.2) is 0 Å². The Kier molecular flexibility index (Phi) is 3.83. The first-order valence-electron chi connectivity index (χ1n) is 8.00. The largest absolute Gasteiger partial charge is 0.338 e. The summed E-state index contributed by atoms with van der Waals surface area (Å²) in [7, 11) is 0. The lowest BCUT2D eigenvalue weighted by Gasteiger charge is -2.15. The Labute approximate surface area is 139 Å². The molecule has 1 amide bonds. The molecule has 1 aliphatic rings. The first-order chi connectivity index (χ1) is 11.8. The molecule has 0 radical (unpaired) electrons. The zero-order valence-corrected chi connectivity index (χ0v) is 13.1. The number of nitrogens with zero attached hydrogens (tertiary/aromatic N) is 3. The average Bonchev–Trinajstić information content (AvgIpc) is 3.24. The minimum atomic E-state index is -0.0116. The summed E-state index contributed by atoms with van der Waals surface area (Å²) in [6, 6.07) is 19.7. The Morgan fingerprint density at radius 2 is 1.75 bits per heavy atom. The van der Waals surface area contributed by atoms with Gasteiger partial charge in [-0.15, -0.1) is 0 Å². The molecule has 3 aromatic rings. The van der Waals surface area contributed by atoms with Gasteiger partial charge in [0.25, 0.3) is 5.89 Å². The maximum atomic E-state index is 12.3. The van der Waals surface area contributed by atoms with Crippen molar-refractivity contribution in [2.24, 2.45) is 0 Å². The Hall–Kier alpha value is -2.95. The smallest absolute Gasteiger partial charge is 0.257 e. The van der Waals surface area contributed by atoms with Crippen molar-refractivity contribution in [2.75, 3.05) is 6.54 Å². The summed E-state index contributed by atoms with van der Waals surface area (Å²) in [6.07, 6.45) is 0.431. The number of hydrogen-bond donors (Lipinski definition) is 0. The van der Waals surface area contributed by atoms with Crippen LogP contribution in [0.2, 0.25) is 0 Å². The molecule has 1 atom stereocenters. The predicted molar refractivity (Wildman–Crippen MR) is 89.0 cm³/mol. The molecule has 5 heteroatoms. The first-order valence-corrected chi connectivity index (χ1v) is 8.00. The summed E-state index contributed by atoms with van der Waals surface area (Å²) in [5.41, 5.74) is 2.02. The van der Waals surface area contributed by atoms with Crippen molar-refractivity contribution in [2.45, 2.75) is 18.9 Å². The van der Waals surface area contributed by atoms with Gasteiger partial charge in [-0.05, 0) is 17.7 Å². The van der Waals surface area contributed by atoms with Crippen LogP contribution in [0.3, 0.4) is 0 Å². The third-order valence-electron chi connectivity index (χ3n) is 4.26. The van der Waals surface area contributed by atoms with Gasteiger partial charge in [0, 0.05) is 31.0 Å². The van der Waals surface area contributed by atoms with Crippen LogP contribution in [-0.2, 0) is 11.3 Å². The lowest BCUT2D eigenvalue weighted by Crippen LogP contribution is -2.24. The molecule has 4 rings (SSSR count). The standard InChI is InChI=1S/C19H17N3O2/c23-17-11-16(13-22(17)12-14-7-3-1-4-8-14)18-20-19(24-21-18)15-9-5-2-6-10-15/h1-10,16H,11-13H2. The molecule has 1 aromatic heterocycles. The van der Waals surface area contributed by atoms with Crippen LogP contribution in [0.15, 0.2) is 65.2 Å². The molecule has 1 saturated heterocycles. The Morgan fingerprint density at radius 1 is 1.04 bits per heavy atom. The van der Waals surface area contributed by atoms with Crippen LogP contribution in [0, 0.1) is 0 Å². The second-order valence-electron chi connectivity index (χ2n) is 5.98. The highest BCUT2D eigenvalue weighted by Crippen LogP contribution is 2.29. The van der Waals surface area contributed by atoms with Crippen LogP contribution in [-0.4, -0.2) is 27.5 Å². The van der Waals surface area contributed by atoms with E-state index in [0.29, 0.717) is 31.2 Å². The van der Waals surface area contributed by atoms with E-state index in [0.717, 1.165) is 11.1 Å². The number of hydrogen-bond acceptors (Lipinski definition) is 4. The van der Waals surface area contributed by atoms with Gasteiger partial charge in [0.15, 0.2) is 5.82 Å². The molecular formula is C19H17N3O2. The van der Waals surface area contributed by atoms with Gasteiger partial charge >= 0.3 is 0 Å². The van der Waals surface area contributed by atoms with Crippen molar-refractivity contribution < 1.29 is 9.32 Å². The minimum absolute atomic E-state index is 0.0116. The average molecular weight is 319 g/mol. The first kappa shape index (κ1) is 14.6. The molecule has 1 unspecified atom stereocenters. The number of carbonyl (C=O) groups is 1. The number of rotatable bonds is 4. The maximum Gasteiger partial charge on any atom is 0.257 e. The van der Waals surface area contributed by atoms with E-state index in [1.54, 1.807) is 0 Å². The predicted octanol–water partition coefficient (Wildman–Crippen LogP) is 3.25. The molecule has 0 N–H and O–H groups in total. The van der Waals surface area contributed by atoms with Gasteiger partial charge in [0.05, 0.1) is 0 Å². The van der Waals surface area contributed by atoms with E-state index in [1.807, 2.05) is 65.6 Å². The van der Waals surface area contributed by atoms with Crippen LogP contribution < -0.4 is 0 Å². The molecule has 1 fully saturated rings. The molecular weight excluding hydrogens is 302 g/mol. The molecule has 2 aromatic carbocycles. The lowest BCUT2D eigenvalue weighted by molar-refractivity contribution is -0.128. The zero-order chi connectivity index (χ0) is 16.4. The maximum absolute atomic E-state index is 12.3. The normalized spacial score (nSPS) is 17.4. The highest BCUT2D eigenvalue weighted by molar-refractivity contribution is 5.79. The summed E-state index contributed by atoms with van der Waals surface area (Å²) >= 11 is 0.